The minimum Gasteiger partial charge on any atom is -0.366 e. The normalized spacial score (nSPS) is 24.2. The van der Waals surface area contributed by atoms with Crippen molar-refractivity contribution in [3.8, 4) is 0 Å². The molecular formula is C17H25N3O. The van der Waals surface area contributed by atoms with Gasteiger partial charge in [-0.2, -0.15) is 0 Å². The van der Waals surface area contributed by atoms with Crippen LogP contribution in [-0.2, 0) is 4.79 Å². The van der Waals surface area contributed by atoms with Crippen LogP contribution < -0.4 is 16.4 Å². The summed E-state index contributed by atoms with van der Waals surface area (Å²) in [4.78, 5) is 11.8. The first-order valence-corrected chi connectivity index (χ1v) is 8.16. The quantitative estimate of drug-likeness (QED) is 0.744. The fraction of sp³-hybridized carbons (Fsp3) is 0.588. The van der Waals surface area contributed by atoms with Crippen LogP contribution in [0.2, 0.25) is 0 Å². The van der Waals surface area contributed by atoms with Crippen molar-refractivity contribution in [1.82, 2.24) is 10.6 Å². The molecule has 114 valence electrons. The van der Waals surface area contributed by atoms with E-state index in [4.69, 9.17) is 5.73 Å². The maximum atomic E-state index is 11.8. The Morgan fingerprint density at radius 1 is 1.19 bits per heavy atom. The summed E-state index contributed by atoms with van der Waals surface area (Å²) in [7, 11) is 0. The van der Waals surface area contributed by atoms with Gasteiger partial charge in [0.1, 0.15) is 0 Å². The Hall–Kier alpha value is -1.55. The number of amides is 1. The molecule has 0 aromatic carbocycles. The summed E-state index contributed by atoms with van der Waals surface area (Å²) in [6, 6.07) is 0. The van der Waals surface area contributed by atoms with Crippen LogP contribution in [0.4, 0.5) is 0 Å². The molecule has 1 fully saturated rings. The van der Waals surface area contributed by atoms with Crippen molar-refractivity contribution in [3.05, 3.63) is 34.7 Å². The second-order valence-corrected chi connectivity index (χ2v) is 6.20. The molecule has 1 aliphatic carbocycles. The molecule has 4 heteroatoms. The summed E-state index contributed by atoms with van der Waals surface area (Å²) < 4.78 is 0. The number of allylic oxidation sites excluding steroid dienone is 4. The topological polar surface area (TPSA) is 67.2 Å². The van der Waals surface area contributed by atoms with Crippen LogP contribution in [0, 0.1) is 5.92 Å². The third-order valence-electron chi connectivity index (χ3n) is 4.79. The Balaban J connectivity index is 1.82. The molecule has 0 bridgehead atoms. The highest BCUT2D eigenvalue weighted by Crippen LogP contribution is 2.32. The summed E-state index contributed by atoms with van der Waals surface area (Å²) in [5.41, 5.74) is 10.1. The lowest BCUT2D eigenvalue weighted by Gasteiger charge is -2.32. The largest absolute Gasteiger partial charge is 0.366 e. The van der Waals surface area contributed by atoms with E-state index in [0.29, 0.717) is 12.3 Å². The highest BCUT2D eigenvalue weighted by Gasteiger charge is 2.26. The average molecular weight is 287 g/mol. The van der Waals surface area contributed by atoms with E-state index in [2.05, 4.69) is 22.8 Å². The molecule has 0 radical (unpaired) electrons. The number of hydrogen-bond donors (Lipinski definition) is 3. The van der Waals surface area contributed by atoms with Crippen molar-refractivity contribution in [2.24, 2.45) is 11.7 Å². The lowest BCUT2D eigenvalue weighted by Crippen LogP contribution is -2.36. The zero-order chi connectivity index (χ0) is 14.7. The zero-order valence-corrected chi connectivity index (χ0v) is 12.6. The van der Waals surface area contributed by atoms with Crippen molar-refractivity contribution in [2.45, 2.75) is 44.9 Å². The van der Waals surface area contributed by atoms with Gasteiger partial charge in [-0.25, -0.2) is 0 Å². The van der Waals surface area contributed by atoms with Crippen molar-refractivity contribution >= 4 is 5.91 Å². The third-order valence-corrected chi connectivity index (χ3v) is 4.79. The number of carbonyl (C=O) groups excluding carboxylic acids is 1. The molecular weight excluding hydrogens is 262 g/mol. The van der Waals surface area contributed by atoms with Crippen LogP contribution >= 0.6 is 0 Å². The summed E-state index contributed by atoms with van der Waals surface area (Å²) in [5.74, 6) is 0.158. The smallest absolute Gasteiger partial charge is 0.246 e. The van der Waals surface area contributed by atoms with Gasteiger partial charge in [-0.05, 0) is 63.6 Å². The van der Waals surface area contributed by atoms with Gasteiger partial charge < -0.3 is 16.4 Å². The number of nitrogens with two attached hydrogens (primary N) is 1. The average Bonchev–Trinajstić information content (AvgIpc) is 2.56. The SMILES string of the molecule is NC(=O)C1=C(C2CCNCC2)NC(C2=CCCCC2)=CC1. The Morgan fingerprint density at radius 2 is 2.00 bits per heavy atom. The van der Waals surface area contributed by atoms with E-state index in [-0.39, 0.29) is 5.91 Å². The van der Waals surface area contributed by atoms with Crippen LogP contribution in [0.15, 0.2) is 34.7 Å². The molecule has 0 saturated carbocycles. The highest BCUT2D eigenvalue weighted by atomic mass is 16.1. The van der Waals surface area contributed by atoms with E-state index in [0.717, 1.165) is 43.6 Å². The Labute approximate surface area is 126 Å². The first-order valence-electron chi connectivity index (χ1n) is 8.16. The Morgan fingerprint density at radius 3 is 2.67 bits per heavy atom. The van der Waals surface area contributed by atoms with Crippen LogP contribution in [-0.4, -0.2) is 19.0 Å². The third kappa shape index (κ3) is 3.21. The van der Waals surface area contributed by atoms with E-state index in [1.165, 1.54) is 30.5 Å². The first kappa shape index (κ1) is 14.4. The molecule has 4 N–H and O–H groups in total. The van der Waals surface area contributed by atoms with Crippen LogP contribution in [0.1, 0.15) is 44.9 Å². The van der Waals surface area contributed by atoms with Crippen LogP contribution in [0.3, 0.4) is 0 Å². The van der Waals surface area contributed by atoms with Crippen molar-refractivity contribution < 1.29 is 4.79 Å². The molecule has 0 spiro atoms. The second kappa shape index (κ2) is 6.48. The first-order chi connectivity index (χ1) is 10.3. The number of piperidine rings is 1. The number of rotatable bonds is 3. The molecule has 0 unspecified atom stereocenters. The van der Waals surface area contributed by atoms with E-state index < -0.39 is 0 Å². The number of carbonyl (C=O) groups is 1. The summed E-state index contributed by atoms with van der Waals surface area (Å²) >= 11 is 0. The molecule has 4 nitrogen and oxygen atoms in total. The van der Waals surface area contributed by atoms with Gasteiger partial charge >= 0.3 is 0 Å². The van der Waals surface area contributed by atoms with Gasteiger partial charge in [-0.3, -0.25) is 4.79 Å². The van der Waals surface area contributed by atoms with E-state index in [9.17, 15) is 4.79 Å². The highest BCUT2D eigenvalue weighted by molar-refractivity contribution is 5.93. The summed E-state index contributed by atoms with van der Waals surface area (Å²) in [5, 5.41) is 6.95. The molecule has 1 amide bonds. The number of hydrogen-bond acceptors (Lipinski definition) is 3. The van der Waals surface area contributed by atoms with Gasteiger partial charge in [0.05, 0.1) is 0 Å². The van der Waals surface area contributed by atoms with Crippen molar-refractivity contribution in [2.75, 3.05) is 13.1 Å². The van der Waals surface area contributed by atoms with Gasteiger partial charge in [0.15, 0.2) is 0 Å². The monoisotopic (exact) mass is 287 g/mol. The van der Waals surface area contributed by atoms with Crippen LogP contribution in [0.25, 0.3) is 0 Å². The fourth-order valence-electron chi connectivity index (χ4n) is 3.57. The number of dihydropyridines is 1. The predicted octanol–water partition coefficient (Wildman–Crippen LogP) is 2.10. The lowest BCUT2D eigenvalue weighted by molar-refractivity contribution is -0.114. The maximum Gasteiger partial charge on any atom is 0.246 e. The van der Waals surface area contributed by atoms with Gasteiger partial charge in [0, 0.05) is 22.9 Å². The van der Waals surface area contributed by atoms with Gasteiger partial charge in [-0.15, -0.1) is 0 Å². The number of primary amides is 1. The molecule has 2 aliphatic heterocycles. The van der Waals surface area contributed by atoms with Crippen molar-refractivity contribution in [3.63, 3.8) is 0 Å². The minimum atomic E-state index is -0.274. The molecule has 0 atom stereocenters. The molecule has 0 aromatic rings. The second-order valence-electron chi connectivity index (χ2n) is 6.20. The molecule has 3 rings (SSSR count). The predicted molar refractivity (Wildman–Crippen MR) is 84.2 cm³/mol. The van der Waals surface area contributed by atoms with Gasteiger partial charge in [0.2, 0.25) is 5.91 Å². The Bertz CT molecular complexity index is 510. The molecule has 2 heterocycles. The summed E-state index contributed by atoms with van der Waals surface area (Å²) in [6.45, 7) is 2.03. The van der Waals surface area contributed by atoms with Gasteiger partial charge in [0.25, 0.3) is 0 Å². The molecule has 1 saturated heterocycles. The Kier molecular flexibility index (Phi) is 4.44. The molecule has 3 aliphatic rings. The zero-order valence-electron chi connectivity index (χ0n) is 12.6. The van der Waals surface area contributed by atoms with E-state index in [1.54, 1.807) is 0 Å². The lowest BCUT2D eigenvalue weighted by atomic mass is 9.86. The maximum absolute atomic E-state index is 11.8. The van der Waals surface area contributed by atoms with Crippen molar-refractivity contribution in [1.29, 1.82) is 0 Å². The molecule has 21 heavy (non-hydrogen) atoms. The standard InChI is InChI=1S/C17H25N3O/c18-17(21)14-6-7-15(12-4-2-1-3-5-12)20-16(14)13-8-10-19-11-9-13/h4,7,13,19-20H,1-3,5-6,8-11H2,(H2,18,21). The minimum absolute atomic E-state index is 0.274. The summed E-state index contributed by atoms with van der Waals surface area (Å²) in [6.07, 6.45) is 12.2. The molecule has 0 aromatic heterocycles. The fourth-order valence-corrected chi connectivity index (χ4v) is 3.57. The van der Waals surface area contributed by atoms with E-state index >= 15 is 0 Å². The van der Waals surface area contributed by atoms with Gasteiger partial charge in [-0.1, -0.05) is 12.2 Å². The van der Waals surface area contributed by atoms with E-state index in [1.807, 2.05) is 0 Å². The van der Waals surface area contributed by atoms with Crippen LogP contribution in [0.5, 0.6) is 0 Å². The number of nitrogens with one attached hydrogen (secondary N) is 2.